The quantitative estimate of drug-likeness (QED) is 0.782. The molecule has 4 rings (SSSR count). The molecule has 0 amide bonds. The summed E-state index contributed by atoms with van der Waals surface area (Å²) in [5.74, 6) is 0.741. The number of aromatic nitrogens is 3. The van der Waals surface area contributed by atoms with Gasteiger partial charge in [-0.1, -0.05) is 47.7 Å². The lowest BCUT2D eigenvalue weighted by atomic mass is 9.90. The van der Waals surface area contributed by atoms with Crippen molar-refractivity contribution in [3.63, 3.8) is 0 Å². The van der Waals surface area contributed by atoms with Gasteiger partial charge in [0, 0.05) is 0 Å². The van der Waals surface area contributed by atoms with Gasteiger partial charge in [0.2, 0.25) is 0 Å². The molecule has 5 nitrogen and oxygen atoms in total. The first-order valence-corrected chi connectivity index (χ1v) is 8.99. The molecular formula is C20H23N4O+. The first kappa shape index (κ1) is 16.0. The minimum Gasteiger partial charge on any atom is -0.316 e. The van der Waals surface area contributed by atoms with Gasteiger partial charge in [-0.05, 0) is 42.9 Å². The Bertz CT molecular complexity index is 898. The van der Waals surface area contributed by atoms with Crippen molar-refractivity contribution >= 4 is 10.9 Å². The van der Waals surface area contributed by atoms with Crippen LogP contribution in [-0.4, -0.2) is 28.1 Å². The summed E-state index contributed by atoms with van der Waals surface area (Å²) in [7, 11) is 0. The molecule has 1 aliphatic heterocycles. The largest absolute Gasteiger partial charge is 0.316 e. The zero-order valence-electron chi connectivity index (χ0n) is 14.3. The first-order valence-electron chi connectivity index (χ1n) is 8.99. The van der Waals surface area contributed by atoms with Crippen LogP contribution >= 0.6 is 0 Å². The summed E-state index contributed by atoms with van der Waals surface area (Å²) in [6, 6.07) is 18.1. The third-order valence-electron chi connectivity index (χ3n) is 5.18. The lowest BCUT2D eigenvalue weighted by molar-refractivity contribution is -0.929. The fraction of sp³-hybridized carbons (Fsp3) is 0.350. The van der Waals surface area contributed by atoms with Crippen LogP contribution in [0.4, 0.5) is 0 Å². The van der Waals surface area contributed by atoms with Crippen LogP contribution in [0.1, 0.15) is 18.4 Å². The molecule has 0 atom stereocenters. The fourth-order valence-electron chi connectivity index (χ4n) is 3.73. The number of hydrogen-bond acceptors (Lipinski definition) is 3. The van der Waals surface area contributed by atoms with E-state index in [0.29, 0.717) is 17.6 Å². The van der Waals surface area contributed by atoms with E-state index >= 15 is 0 Å². The molecule has 0 unspecified atom stereocenters. The van der Waals surface area contributed by atoms with Gasteiger partial charge in [0.1, 0.15) is 5.52 Å². The highest BCUT2D eigenvalue weighted by molar-refractivity contribution is 5.76. The summed E-state index contributed by atoms with van der Waals surface area (Å²) in [6.07, 6.45) is 3.55. The minimum atomic E-state index is -0.0375. The Morgan fingerprint density at radius 3 is 2.52 bits per heavy atom. The molecule has 128 valence electrons. The Balaban J connectivity index is 1.39. The molecule has 2 aromatic carbocycles. The molecule has 2 heterocycles. The van der Waals surface area contributed by atoms with Crippen molar-refractivity contribution in [3.05, 3.63) is 70.5 Å². The summed E-state index contributed by atoms with van der Waals surface area (Å²) in [5, 5.41) is 8.95. The van der Waals surface area contributed by atoms with E-state index < -0.39 is 0 Å². The second-order valence-electron chi connectivity index (χ2n) is 6.95. The van der Waals surface area contributed by atoms with Crippen LogP contribution in [0, 0.1) is 5.92 Å². The summed E-state index contributed by atoms with van der Waals surface area (Å²) in [4.78, 5) is 14.0. The Kier molecular flexibility index (Phi) is 4.57. The summed E-state index contributed by atoms with van der Waals surface area (Å²) in [6.45, 7) is 2.77. The van der Waals surface area contributed by atoms with Crippen LogP contribution in [0.2, 0.25) is 0 Å². The standard InChI is InChI=1S/C20H22N4O/c25-20-18-8-4-5-9-19(18)21-22-24(20)15-23-12-10-17(11-13-23)14-16-6-2-1-3-7-16/h1-9,17H,10-15H2/p+1. The molecule has 1 fully saturated rings. The second kappa shape index (κ2) is 7.15. The van der Waals surface area contributed by atoms with E-state index in [4.69, 9.17) is 0 Å². The van der Waals surface area contributed by atoms with Crippen LogP contribution in [0.25, 0.3) is 10.9 Å². The normalized spacial score (nSPS) is 20.6. The number of fused-ring (bicyclic) bond motifs is 1. The number of piperidine rings is 1. The number of hydrogen-bond donors (Lipinski definition) is 1. The number of nitrogens with one attached hydrogen (secondary N) is 1. The molecule has 1 aromatic heterocycles. The Morgan fingerprint density at radius 2 is 1.72 bits per heavy atom. The predicted molar refractivity (Wildman–Crippen MR) is 97.4 cm³/mol. The van der Waals surface area contributed by atoms with Crippen molar-refractivity contribution in [1.82, 2.24) is 15.0 Å². The Labute approximate surface area is 146 Å². The van der Waals surface area contributed by atoms with Crippen molar-refractivity contribution in [2.24, 2.45) is 5.92 Å². The van der Waals surface area contributed by atoms with Gasteiger partial charge in [0.25, 0.3) is 5.56 Å². The fourth-order valence-corrected chi connectivity index (χ4v) is 3.73. The lowest BCUT2D eigenvalue weighted by Crippen LogP contribution is -3.12. The number of rotatable bonds is 4. The molecule has 1 saturated heterocycles. The smallest absolute Gasteiger partial charge is 0.282 e. The molecule has 0 aliphatic carbocycles. The van der Waals surface area contributed by atoms with Crippen LogP contribution in [0.5, 0.6) is 0 Å². The van der Waals surface area contributed by atoms with Crippen molar-refractivity contribution in [2.45, 2.75) is 25.9 Å². The van der Waals surface area contributed by atoms with Gasteiger partial charge in [-0.2, -0.15) is 4.68 Å². The van der Waals surface area contributed by atoms with Gasteiger partial charge in [0.15, 0.2) is 6.67 Å². The van der Waals surface area contributed by atoms with Crippen LogP contribution in [0.3, 0.4) is 0 Å². The Hall–Kier alpha value is -2.53. The maximum atomic E-state index is 12.6. The maximum Gasteiger partial charge on any atom is 0.282 e. The number of quaternary nitrogens is 1. The molecule has 0 spiro atoms. The van der Waals surface area contributed by atoms with E-state index in [1.165, 1.54) is 28.0 Å². The van der Waals surface area contributed by atoms with Gasteiger partial charge in [-0.15, -0.1) is 5.10 Å². The number of benzene rings is 2. The highest BCUT2D eigenvalue weighted by Crippen LogP contribution is 2.16. The van der Waals surface area contributed by atoms with Gasteiger partial charge in [-0.3, -0.25) is 4.79 Å². The monoisotopic (exact) mass is 335 g/mol. The molecule has 5 heteroatoms. The van der Waals surface area contributed by atoms with Crippen molar-refractivity contribution in [3.8, 4) is 0 Å². The van der Waals surface area contributed by atoms with E-state index in [2.05, 4.69) is 40.6 Å². The summed E-state index contributed by atoms with van der Waals surface area (Å²) < 4.78 is 1.52. The zero-order valence-corrected chi connectivity index (χ0v) is 14.3. The van der Waals surface area contributed by atoms with Crippen molar-refractivity contribution in [1.29, 1.82) is 0 Å². The van der Waals surface area contributed by atoms with Gasteiger partial charge < -0.3 is 4.90 Å². The summed E-state index contributed by atoms with van der Waals surface area (Å²) >= 11 is 0. The molecule has 1 N–H and O–H groups in total. The third-order valence-corrected chi connectivity index (χ3v) is 5.18. The highest BCUT2D eigenvalue weighted by atomic mass is 16.1. The van der Waals surface area contributed by atoms with Crippen molar-refractivity contribution < 1.29 is 4.90 Å². The van der Waals surface area contributed by atoms with E-state index in [-0.39, 0.29) is 5.56 Å². The van der Waals surface area contributed by atoms with Crippen LogP contribution in [-0.2, 0) is 13.1 Å². The van der Waals surface area contributed by atoms with E-state index in [0.717, 1.165) is 25.4 Å². The molecule has 25 heavy (non-hydrogen) atoms. The zero-order chi connectivity index (χ0) is 17.1. The molecular weight excluding hydrogens is 312 g/mol. The number of likely N-dealkylation sites (tertiary alicyclic amines) is 1. The molecule has 1 aliphatic rings. The third kappa shape index (κ3) is 3.61. The number of nitrogens with zero attached hydrogens (tertiary/aromatic N) is 3. The molecule has 0 bridgehead atoms. The van der Waals surface area contributed by atoms with E-state index in [1.807, 2.05) is 24.3 Å². The minimum absolute atomic E-state index is 0.0375. The second-order valence-corrected chi connectivity index (χ2v) is 6.95. The van der Waals surface area contributed by atoms with E-state index in [9.17, 15) is 4.79 Å². The predicted octanol–water partition coefficient (Wildman–Crippen LogP) is 1.29. The maximum absolute atomic E-state index is 12.6. The Morgan fingerprint density at radius 1 is 1.00 bits per heavy atom. The average Bonchev–Trinajstić information content (AvgIpc) is 2.67. The molecule has 3 aromatic rings. The van der Waals surface area contributed by atoms with Crippen LogP contribution < -0.4 is 10.5 Å². The van der Waals surface area contributed by atoms with Crippen molar-refractivity contribution in [2.75, 3.05) is 13.1 Å². The van der Waals surface area contributed by atoms with Gasteiger partial charge >= 0.3 is 0 Å². The van der Waals surface area contributed by atoms with Crippen LogP contribution in [0.15, 0.2) is 59.4 Å². The van der Waals surface area contributed by atoms with Gasteiger partial charge in [-0.25, -0.2) is 0 Å². The average molecular weight is 335 g/mol. The highest BCUT2D eigenvalue weighted by Gasteiger charge is 2.23. The van der Waals surface area contributed by atoms with Gasteiger partial charge in [0.05, 0.1) is 18.5 Å². The first-order chi connectivity index (χ1) is 12.3. The topological polar surface area (TPSA) is 52.2 Å². The lowest BCUT2D eigenvalue weighted by Gasteiger charge is -2.29. The summed E-state index contributed by atoms with van der Waals surface area (Å²) in [5.41, 5.74) is 2.05. The molecule has 0 saturated carbocycles. The molecule has 0 radical (unpaired) electrons. The van der Waals surface area contributed by atoms with E-state index in [1.54, 1.807) is 0 Å². The SMILES string of the molecule is O=c1c2ccccc2nnn1C[NH+]1CCC(Cc2ccccc2)CC1.